The van der Waals surface area contributed by atoms with Crippen LogP contribution in [0.1, 0.15) is 23.7 Å². The van der Waals surface area contributed by atoms with Crippen molar-refractivity contribution in [3.05, 3.63) is 23.9 Å². The van der Waals surface area contributed by atoms with Gasteiger partial charge in [-0.15, -0.1) is 0 Å². The third-order valence-corrected chi connectivity index (χ3v) is 2.41. The molecule has 0 aliphatic heterocycles. The number of pyridine rings is 1. The fourth-order valence-corrected chi connectivity index (χ4v) is 1.45. The van der Waals surface area contributed by atoms with Crippen molar-refractivity contribution < 1.29 is 9.90 Å². The maximum absolute atomic E-state index is 12.0. The highest BCUT2D eigenvalue weighted by Crippen LogP contribution is 2.07. The normalized spacial score (nSPS) is 10.1. The Labute approximate surface area is 100 Å². The van der Waals surface area contributed by atoms with Gasteiger partial charge in [0.2, 0.25) is 0 Å². The maximum atomic E-state index is 12.0. The van der Waals surface area contributed by atoms with Crippen LogP contribution >= 0.6 is 0 Å². The van der Waals surface area contributed by atoms with Crippen molar-refractivity contribution in [2.24, 2.45) is 5.84 Å². The molecule has 0 spiro atoms. The molecule has 0 saturated heterocycles. The molecule has 0 atom stereocenters. The van der Waals surface area contributed by atoms with Crippen molar-refractivity contribution in [1.82, 2.24) is 9.88 Å². The number of anilines is 1. The minimum absolute atomic E-state index is 0.0814. The van der Waals surface area contributed by atoms with Gasteiger partial charge in [0.15, 0.2) is 0 Å². The van der Waals surface area contributed by atoms with Crippen molar-refractivity contribution >= 4 is 11.7 Å². The summed E-state index contributed by atoms with van der Waals surface area (Å²) >= 11 is 0. The molecule has 1 aromatic heterocycles. The van der Waals surface area contributed by atoms with Gasteiger partial charge >= 0.3 is 0 Å². The Hall–Kier alpha value is -1.66. The quantitative estimate of drug-likeness (QED) is 0.487. The molecule has 1 heterocycles. The minimum Gasteiger partial charge on any atom is -0.396 e. The molecule has 4 N–H and O–H groups in total. The van der Waals surface area contributed by atoms with Crippen molar-refractivity contribution in [2.75, 3.05) is 25.1 Å². The molecule has 1 aromatic rings. The van der Waals surface area contributed by atoms with E-state index in [2.05, 4.69) is 10.4 Å². The van der Waals surface area contributed by atoms with E-state index in [1.54, 1.807) is 17.0 Å². The van der Waals surface area contributed by atoms with Crippen molar-refractivity contribution in [2.45, 2.75) is 13.3 Å². The highest BCUT2D eigenvalue weighted by Gasteiger charge is 2.13. The molecule has 0 unspecified atom stereocenters. The fraction of sp³-hybridized carbons (Fsp3) is 0.455. The third kappa shape index (κ3) is 3.69. The Morgan fingerprint density at radius 1 is 1.59 bits per heavy atom. The van der Waals surface area contributed by atoms with Gasteiger partial charge in [0, 0.05) is 25.9 Å². The lowest BCUT2D eigenvalue weighted by atomic mass is 10.2. The van der Waals surface area contributed by atoms with E-state index in [-0.39, 0.29) is 12.5 Å². The van der Waals surface area contributed by atoms with Gasteiger partial charge in [-0.05, 0) is 25.5 Å². The first-order valence-electron chi connectivity index (χ1n) is 5.55. The summed E-state index contributed by atoms with van der Waals surface area (Å²) in [7, 11) is 0. The van der Waals surface area contributed by atoms with E-state index in [9.17, 15) is 4.79 Å². The summed E-state index contributed by atoms with van der Waals surface area (Å²) in [6, 6.07) is 3.32. The van der Waals surface area contributed by atoms with E-state index in [0.717, 1.165) is 0 Å². The summed E-state index contributed by atoms with van der Waals surface area (Å²) in [4.78, 5) is 17.7. The average molecular weight is 238 g/mol. The van der Waals surface area contributed by atoms with Crippen LogP contribution in [-0.2, 0) is 0 Å². The van der Waals surface area contributed by atoms with Gasteiger partial charge in [0.05, 0.1) is 5.56 Å². The van der Waals surface area contributed by atoms with E-state index < -0.39 is 0 Å². The summed E-state index contributed by atoms with van der Waals surface area (Å²) in [5.41, 5.74) is 2.92. The number of nitrogen functional groups attached to an aromatic ring is 1. The Balaban J connectivity index is 2.71. The predicted molar refractivity (Wildman–Crippen MR) is 65.3 cm³/mol. The molecule has 17 heavy (non-hydrogen) atoms. The number of hydrazine groups is 1. The zero-order valence-corrected chi connectivity index (χ0v) is 9.89. The van der Waals surface area contributed by atoms with E-state index in [4.69, 9.17) is 10.9 Å². The molecule has 6 heteroatoms. The number of carbonyl (C=O) groups excluding carboxylic acids is 1. The molecular formula is C11H18N4O2. The molecular weight excluding hydrogens is 220 g/mol. The summed E-state index contributed by atoms with van der Waals surface area (Å²) < 4.78 is 0. The van der Waals surface area contributed by atoms with Crippen LogP contribution in [0.4, 0.5) is 5.82 Å². The smallest absolute Gasteiger partial charge is 0.255 e. The number of aliphatic hydroxyl groups is 1. The summed E-state index contributed by atoms with van der Waals surface area (Å²) in [6.45, 7) is 3.13. The molecule has 6 nitrogen and oxygen atoms in total. The number of aliphatic hydroxyl groups excluding tert-OH is 1. The van der Waals surface area contributed by atoms with Crippen LogP contribution in [0.2, 0.25) is 0 Å². The van der Waals surface area contributed by atoms with Crippen molar-refractivity contribution in [1.29, 1.82) is 0 Å². The second-order valence-electron chi connectivity index (χ2n) is 3.54. The first-order valence-corrected chi connectivity index (χ1v) is 5.55. The van der Waals surface area contributed by atoms with Gasteiger partial charge in [0.1, 0.15) is 5.82 Å². The van der Waals surface area contributed by atoms with Gasteiger partial charge in [-0.1, -0.05) is 0 Å². The first kappa shape index (κ1) is 13.4. The number of hydrogen-bond donors (Lipinski definition) is 3. The largest absolute Gasteiger partial charge is 0.396 e. The van der Waals surface area contributed by atoms with Crippen LogP contribution < -0.4 is 11.3 Å². The molecule has 0 radical (unpaired) electrons. The van der Waals surface area contributed by atoms with E-state index in [0.29, 0.717) is 30.9 Å². The van der Waals surface area contributed by atoms with Crippen LogP contribution in [0.3, 0.4) is 0 Å². The van der Waals surface area contributed by atoms with E-state index in [1.165, 1.54) is 6.20 Å². The SMILES string of the molecule is CCN(CCCO)C(=O)c1ccc(NN)nc1. The minimum atomic E-state index is -0.0861. The number of hydrogen-bond acceptors (Lipinski definition) is 5. The van der Waals surface area contributed by atoms with Gasteiger partial charge in [0.25, 0.3) is 5.91 Å². The number of nitrogens with two attached hydrogens (primary N) is 1. The fourth-order valence-electron chi connectivity index (χ4n) is 1.45. The molecule has 0 saturated carbocycles. The van der Waals surface area contributed by atoms with E-state index in [1.807, 2.05) is 6.92 Å². The van der Waals surface area contributed by atoms with Crippen LogP contribution in [0.5, 0.6) is 0 Å². The zero-order valence-electron chi connectivity index (χ0n) is 9.89. The zero-order chi connectivity index (χ0) is 12.7. The Bertz CT molecular complexity index is 353. The second-order valence-corrected chi connectivity index (χ2v) is 3.54. The molecule has 0 fully saturated rings. The summed E-state index contributed by atoms with van der Waals surface area (Å²) in [5.74, 6) is 5.62. The van der Waals surface area contributed by atoms with Gasteiger partial charge in [-0.2, -0.15) is 0 Å². The van der Waals surface area contributed by atoms with Crippen LogP contribution in [0.25, 0.3) is 0 Å². The Morgan fingerprint density at radius 3 is 2.82 bits per heavy atom. The number of nitrogens with one attached hydrogen (secondary N) is 1. The predicted octanol–water partition coefficient (Wildman–Crippen LogP) is 0.212. The molecule has 1 amide bonds. The highest BCUT2D eigenvalue weighted by atomic mass is 16.3. The maximum Gasteiger partial charge on any atom is 0.255 e. The monoisotopic (exact) mass is 238 g/mol. The topological polar surface area (TPSA) is 91.5 Å². The standard InChI is InChI=1S/C11H18N4O2/c1-2-15(6-3-7-16)11(17)9-4-5-10(14-12)13-8-9/h4-5,8,16H,2-3,6-7,12H2,1H3,(H,13,14). The van der Waals surface area contributed by atoms with Crippen LogP contribution in [0, 0.1) is 0 Å². The number of nitrogens with zero attached hydrogens (tertiary/aromatic N) is 2. The number of carbonyl (C=O) groups is 1. The van der Waals surface area contributed by atoms with Crippen molar-refractivity contribution in [3.8, 4) is 0 Å². The summed E-state index contributed by atoms with van der Waals surface area (Å²) in [5, 5.41) is 8.76. The van der Waals surface area contributed by atoms with E-state index >= 15 is 0 Å². The Morgan fingerprint density at radius 2 is 2.35 bits per heavy atom. The molecule has 1 rings (SSSR count). The Kier molecular flexibility index (Phi) is 5.38. The lowest BCUT2D eigenvalue weighted by Crippen LogP contribution is -2.32. The van der Waals surface area contributed by atoms with Gasteiger partial charge < -0.3 is 15.4 Å². The second kappa shape index (κ2) is 6.82. The van der Waals surface area contributed by atoms with Gasteiger partial charge in [-0.25, -0.2) is 10.8 Å². The summed E-state index contributed by atoms with van der Waals surface area (Å²) in [6.07, 6.45) is 2.06. The van der Waals surface area contributed by atoms with Gasteiger partial charge in [-0.3, -0.25) is 4.79 Å². The molecule has 94 valence electrons. The number of aromatic nitrogens is 1. The number of amides is 1. The number of rotatable bonds is 6. The average Bonchev–Trinajstić information content (AvgIpc) is 2.39. The van der Waals surface area contributed by atoms with Crippen LogP contribution in [-0.4, -0.2) is 40.6 Å². The first-order chi connectivity index (χ1) is 8.22. The highest BCUT2D eigenvalue weighted by molar-refractivity contribution is 5.94. The van der Waals surface area contributed by atoms with Crippen molar-refractivity contribution in [3.63, 3.8) is 0 Å². The lowest BCUT2D eigenvalue weighted by Gasteiger charge is -2.20. The van der Waals surface area contributed by atoms with Crippen LogP contribution in [0.15, 0.2) is 18.3 Å². The molecule has 0 aliphatic carbocycles. The molecule has 0 aliphatic rings. The third-order valence-electron chi connectivity index (χ3n) is 2.41. The molecule has 0 aromatic carbocycles. The lowest BCUT2D eigenvalue weighted by molar-refractivity contribution is 0.0754. The molecule has 0 bridgehead atoms.